The van der Waals surface area contributed by atoms with E-state index in [2.05, 4.69) is 4.99 Å². The zero-order valence-electron chi connectivity index (χ0n) is 23.7. The average molecular weight is 575 g/mol. The minimum absolute atomic E-state index is 0.122. The van der Waals surface area contributed by atoms with Crippen LogP contribution in [0.15, 0.2) is 89.9 Å². The number of hydrogen-bond donors (Lipinski definition) is 3. The van der Waals surface area contributed by atoms with E-state index in [1.807, 2.05) is 84.9 Å². The molecule has 0 aliphatic heterocycles. The van der Waals surface area contributed by atoms with Crippen LogP contribution in [0.1, 0.15) is 48.3 Å². The topological polar surface area (TPSA) is 166 Å². The van der Waals surface area contributed by atoms with Crippen LogP contribution in [-0.2, 0) is 16.0 Å². The van der Waals surface area contributed by atoms with Gasteiger partial charge in [-0.2, -0.15) is 0 Å². The minimum Gasteiger partial charge on any atom is -0.497 e. The van der Waals surface area contributed by atoms with Crippen LogP contribution < -0.4 is 21.6 Å². The SMILES string of the molecule is COc1ccc(CCCCN(C(=O)C(c2ccccc2)c2ccccc2)[C@@H](CCCN=C(N)N[N+](=O)[O-])C(N)=O)cc1. The molecule has 0 bridgehead atoms. The molecule has 0 saturated heterocycles. The molecule has 1 atom stereocenters. The number of guanidine groups is 1. The number of nitrogens with zero attached hydrogens (tertiary/aromatic N) is 3. The van der Waals surface area contributed by atoms with Crippen LogP contribution in [-0.4, -0.2) is 53.9 Å². The van der Waals surface area contributed by atoms with Crippen LogP contribution in [0, 0.1) is 10.1 Å². The Kier molecular flexibility index (Phi) is 12.3. The number of carbonyl (C=O) groups excluding carboxylic acids is 2. The van der Waals surface area contributed by atoms with Crippen LogP contribution >= 0.6 is 0 Å². The Bertz CT molecular complexity index is 1280. The smallest absolute Gasteiger partial charge is 0.251 e. The number of aryl methyl sites for hydroxylation is 1. The molecule has 5 N–H and O–H groups in total. The second kappa shape index (κ2) is 16.4. The molecular weight excluding hydrogens is 536 g/mol. The van der Waals surface area contributed by atoms with E-state index in [4.69, 9.17) is 16.2 Å². The van der Waals surface area contributed by atoms with Gasteiger partial charge < -0.3 is 21.1 Å². The number of hydrogen-bond acceptors (Lipinski definition) is 6. The van der Waals surface area contributed by atoms with E-state index < -0.39 is 22.9 Å². The number of carbonyl (C=O) groups is 2. The van der Waals surface area contributed by atoms with Crippen LogP contribution in [0.4, 0.5) is 0 Å². The predicted octanol–water partition coefficient (Wildman–Crippen LogP) is 3.41. The highest BCUT2D eigenvalue weighted by atomic mass is 16.7. The largest absolute Gasteiger partial charge is 0.497 e. The molecule has 3 aromatic carbocycles. The van der Waals surface area contributed by atoms with Crippen molar-refractivity contribution in [3.63, 3.8) is 0 Å². The normalized spacial score (nSPS) is 12.0. The number of nitrogens with two attached hydrogens (primary N) is 2. The van der Waals surface area contributed by atoms with Crippen LogP contribution in [0.3, 0.4) is 0 Å². The summed E-state index contributed by atoms with van der Waals surface area (Å²) in [4.78, 5) is 43.2. The Morgan fingerprint density at radius 2 is 1.52 bits per heavy atom. The van der Waals surface area contributed by atoms with Gasteiger partial charge in [0.25, 0.3) is 5.96 Å². The van der Waals surface area contributed by atoms with Crippen LogP contribution in [0.5, 0.6) is 5.75 Å². The van der Waals surface area contributed by atoms with Crippen molar-refractivity contribution in [1.29, 1.82) is 0 Å². The highest BCUT2D eigenvalue weighted by Gasteiger charge is 2.33. The number of ether oxygens (including phenoxy) is 1. The second-order valence-corrected chi connectivity index (χ2v) is 9.79. The molecule has 0 spiro atoms. The zero-order valence-corrected chi connectivity index (χ0v) is 23.7. The number of rotatable bonds is 16. The Labute approximate surface area is 245 Å². The van der Waals surface area contributed by atoms with E-state index in [1.54, 1.807) is 17.4 Å². The first-order chi connectivity index (χ1) is 20.3. The predicted molar refractivity (Wildman–Crippen MR) is 161 cm³/mol. The number of methoxy groups -OCH3 is 1. The molecule has 0 heterocycles. The summed E-state index contributed by atoms with van der Waals surface area (Å²) in [6, 6.07) is 25.8. The van der Waals surface area contributed by atoms with Gasteiger partial charge in [-0.05, 0) is 60.9 Å². The fraction of sp³-hybridized carbons (Fsp3) is 0.323. The maximum atomic E-state index is 14.4. The molecule has 11 nitrogen and oxygen atoms in total. The van der Waals surface area contributed by atoms with E-state index in [1.165, 1.54) is 0 Å². The number of benzene rings is 3. The van der Waals surface area contributed by atoms with Gasteiger partial charge in [0.15, 0.2) is 5.03 Å². The lowest BCUT2D eigenvalue weighted by molar-refractivity contribution is -0.525. The number of aliphatic imine (C=N–C) groups is 1. The molecule has 3 rings (SSSR count). The number of primary amides is 1. The molecule has 222 valence electrons. The van der Waals surface area contributed by atoms with Gasteiger partial charge in [0.2, 0.25) is 11.8 Å². The van der Waals surface area contributed by atoms with Gasteiger partial charge >= 0.3 is 0 Å². The second-order valence-electron chi connectivity index (χ2n) is 9.79. The molecule has 0 aliphatic carbocycles. The summed E-state index contributed by atoms with van der Waals surface area (Å²) >= 11 is 0. The van der Waals surface area contributed by atoms with Crippen molar-refractivity contribution in [2.75, 3.05) is 20.2 Å². The van der Waals surface area contributed by atoms with Crippen molar-refractivity contribution < 1.29 is 19.4 Å². The molecule has 0 unspecified atom stereocenters. The van der Waals surface area contributed by atoms with Crippen molar-refractivity contribution >= 4 is 17.8 Å². The molecule has 3 aromatic rings. The number of unbranched alkanes of at least 4 members (excludes halogenated alkanes) is 1. The fourth-order valence-corrected chi connectivity index (χ4v) is 4.82. The van der Waals surface area contributed by atoms with Gasteiger partial charge in [0, 0.05) is 13.1 Å². The van der Waals surface area contributed by atoms with E-state index in [0.29, 0.717) is 19.4 Å². The quantitative estimate of drug-likeness (QED) is 0.0775. The highest BCUT2D eigenvalue weighted by Crippen LogP contribution is 2.29. The number of hydrazine groups is 1. The zero-order chi connectivity index (χ0) is 30.3. The first-order valence-electron chi connectivity index (χ1n) is 13.8. The summed E-state index contributed by atoms with van der Waals surface area (Å²) in [5, 5.41) is 9.77. The summed E-state index contributed by atoms with van der Waals surface area (Å²) in [5.41, 5.74) is 15.9. The molecule has 42 heavy (non-hydrogen) atoms. The molecule has 0 aliphatic rings. The molecule has 2 amide bonds. The Balaban J connectivity index is 1.83. The minimum atomic E-state index is -0.895. The third-order valence-electron chi connectivity index (χ3n) is 6.90. The van der Waals surface area contributed by atoms with Crippen molar-refractivity contribution in [1.82, 2.24) is 10.3 Å². The first-order valence-corrected chi connectivity index (χ1v) is 13.8. The van der Waals surface area contributed by atoms with E-state index in [0.717, 1.165) is 35.3 Å². The van der Waals surface area contributed by atoms with Crippen molar-refractivity contribution in [2.45, 2.75) is 44.1 Å². The molecule has 0 aromatic heterocycles. The van der Waals surface area contributed by atoms with E-state index in [-0.39, 0.29) is 24.8 Å². The lowest BCUT2D eigenvalue weighted by atomic mass is 9.89. The molecular formula is C31H38N6O5. The maximum absolute atomic E-state index is 14.4. The fourth-order valence-electron chi connectivity index (χ4n) is 4.82. The maximum Gasteiger partial charge on any atom is 0.251 e. The van der Waals surface area contributed by atoms with E-state index >= 15 is 0 Å². The van der Waals surface area contributed by atoms with Crippen molar-refractivity contribution in [2.24, 2.45) is 16.5 Å². The van der Waals surface area contributed by atoms with Gasteiger partial charge in [0.05, 0.1) is 13.0 Å². The van der Waals surface area contributed by atoms with Crippen molar-refractivity contribution in [3.05, 3.63) is 112 Å². The van der Waals surface area contributed by atoms with Gasteiger partial charge in [-0.25, -0.2) is 15.1 Å². The summed E-state index contributed by atoms with van der Waals surface area (Å²) in [7, 11) is 1.62. The summed E-state index contributed by atoms with van der Waals surface area (Å²) in [6.45, 7) is 0.448. The standard InChI is InChI=1S/C31H38N6O5/c1-42-26-19-17-23(18-20-26)11-8-9-22-36(27(29(32)38)16-10-21-34-31(33)35-37(40)41)30(39)28(24-12-4-2-5-13-24)25-14-6-3-7-15-25/h2-7,12-15,17-20,27-28H,8-11,16,21-22H2,1H3,(H2,32,38)(H3,33,34,35)/t27-/m0/s1. The first kappa shape index (κ1) is 31.6. The Morgan fingerprint density at radius 3 is 2.05 bits per heavy atom. The van der Waals surface area contributed by atoms with E-state index in [9.17, 15) is 19.7 Å². The van der Waals surface area contributed by atoms with Crippen molar-refractivity contribution in [3.8, 4) is 5.75 Å². The summed E-state index contributed by atoms with van der Waals surface area (Å²) in [6.07, 6.45) is 2.80. The Morgan fingerprint density at radius 1 is 0.929 bits per heavy atom. The molecule has 11 heteroatoms. The van der Waals surface area contributed by atoms with Crippen LogP contribution in [0.2, 0.25) is 0 Å². The van der Waals surface area contributed by atoms with Gasteiger partial charge in [0.1, 0.15) is 11.8 Å². The van der Waals surface area contributed by atoms with Gasteiger partial charge in [-0.3, -0.25) is 9.59 Å². The third kappa shape index (κ3) is 9.61. The summed E-state index contributed by atoms with van der Waals surface area (Å²) in [5.74, 6) is -1.03. The third-order valence-corrected chi connectivity index (χ3v) is 6.90. The van der Waals surface area contributed by atoms with Gasteiger partial charge in [-0.15, -0.1) is 0 Å². The highest BCUT2D eigenvalue weighted by molar-refractivity contribution is 5.92. The number of amides is 2. The number of nitrogens with one attached hydrogen (secondary N) is 1. The lowest BCUT2D eigenvalue weighted by Gasteiger charge is -2.33. The van der Waals surface area contributed by atoms with Gasteiger partial charge in [-0.1, -0.05) is 78.2 Å². The summed E-state index contributed by atoms with van der Waals surface area (Å²) < 4.78 is 5.23. The monoisotopic (exact) mass is 574 g/mol. The number of nitro groups is 1. The molecule has 0 saturated carbocycles. The Hall–Kier alpha value is -4.93. The van der Waals surface area contributed by atoms with Crippen LogP contribution in [0.25, 0.3) is 0 Å². The molecule has 0 fully saturated rings. The average Bonchev–Trinajstić information content (AvgIpc) is 2.98. The molecule has 0 radical (unpaired) electrons. The lowest BCUT2D eigenvalue weighted by Crippen LogP contribution is -2.50.